The first-order chi connectivity index (χ1) is 15.8. The van der Waals surface area contributed by atoms with Crippen LogP contribution in [-0.2, 0) is 0 Å². The lowest BCUT2D eigenvalue weighted by Gasteiger charge is -2.17. The molecule has 162 valence electrons. The molecule has 1 saturated heterocycles. The third-order valence-electron chi connectivity index (χ3n) is 6.43. The molecule has 0 spiro atoms. The van der Waals surface area contributed by atoms with E-state index >= 15 is 0 Å². The number of methoxy groups -OCH3 is 1. The van der Waals surface area contributed by atoms with Crippen molar-refractivity contribution in [3.63, 3.8) is 0 Å². The minimum absolute atomic E-state index is 0.0834. The molecule has 4 aromatic rings. The number of hydrogen-bond donors (Lipinski definition) is 3. The Morgan fingerprint density at radius 2 is 1.78 bits per heavy atom. The predicted octanol–water partition coefficient (Wildman–Crippen LogP) is 3.67. The van der Waals surface area contributed by atoms with Crippen LogP contribution in [0, 0.1) is 0 Å². The molecule has 0 amide bonds. The summed E-state index contributed by atoms with van der Waals surface area (Å²) in [6.07, 6.45) is 2.66. The Bertz CT molecular complexity index is 1320. The van der Waals surface area contributed by atoms with Crippen LogP contribution in [-0.4, -0.2) is 53.8 Å². The lowest BCUT2D eigenvalue weighted by molar-refractivity contribution is 0.297. The van der Waals surface area contributed by atoms with Crippen LogP contribution >= 0.6 is 0 Å². The van der Waals surface area contributed by atoms with E-state index < -0.39 is 0 Å². The first-order valence-electron chi connectivity index (χ1n) is 11.2. The fourth-order valence-corrected chi connectivity index (χ4v) is 4.69. The smallest absolute Gasteiger partial charge is 0.144 e. The monoisotopic (exact) mass is 426 g/mol. The van der Waals surface area contributed by atoms with Crippen LogP contribution in [0.5, 0.6) is 5.75 Å². The number of H-pyrrole nitrogens is 1. The summed E-state index contributed by atoms with van der Waals surface area (Å²) in [6.45, 7) is 3.29. The number of rotatable bonds is 5. The van der Waals surface area contributed by atoms with Crippen LogP contribution < -0.4 is 15.6 Å². The summed E-state index contributed by atoms with van der Waals surface area (Å²) in [4.78, 5) is 7.35. The number of hydrogen-bond acceptors (Lipinski definition) is 6. The molecular formula is C25H26N6O. The minimum atomic E-state index is 0.0834. The lowest BCUT2D eigenvalue weighted by atomic mass is 10.0. The molecule has 3 heterocycles. The van der Waals surface area contributed by atoms with Gasteiger partial charge in [0.25, 0.3) is 0 Å². The number of aromatic amines is 1. The van der Waals surface area contributed by atoms with Crippen molar-refractivity contribution >= 4 is 27.5 Å². The summed E-state index contributed by atoms with van der Waals surface area (Å²) in [5.41, 5.74) is 10.7. The van der Waals surface area contributed by atoms with E-state index in [4.69, 9.17) is 9.73 Å². The molecule has 6 rings (SSSR count). The van der Waals surface area contributed by atoms with E-state index in [0.29, 0.717) is 0 Å². The zero-order chi connectivity index (χ0) is 21.5. The maximum Gasteiger partial charge on any atom is 0.144 e. The van der Waals surface area contributed by atoms with E-state index in [0.717, 1.165) is 56.6 Å². The first-order valence-corrected chi connectivity index (χ1v) is 11.2. The minimum Gasteiger partial charge on any atom is -0.497 e. The molecule has 1 fully saturated rings. The van der Waals surface area contributed by atoms with Crippen molar-refractivity contribution in [1.29, 1.82) is 0 Å². The second-order valence-corrected chi connectivity index (χ2v) is 8.53. The van der Waals surface area contributed by atoms with E-state index in [9.17, 15) is 0 Å². The van der Waals surface area contributed by atoms with Gasteiger partial charge in [0.1, 0.15) is 17.8 Å². The van der Waals surface area contributed by atoms with Gasteiger partial charge in [0.15, 0.2) is 0 Å². The number of aliphatic imine (C=N–C) groups is 1. The summed E-state index contributed by atoms with van der Waals surface area (Å²) in [6, 6.07) is 18.9. The van der Waals surface area contributed by atoms with Gasteiger partial charge in [0.2, 0.25) is 0 Å². The molecule has 1 atom stereocenters. The standard InChI is InChI=1S/C25H26N6O/c1-32-20-8-6-16-12-18(5-4-17(16)13-20)24-21-14-19(7-9-22(21)27-29-24)25-26-23(28-30-25)15-31-10-2-3-11-31/h4-9,12-14,23,28H,2-3,10-11,15H2,1H3,(H,26,30)(H,27,29). The van der Waals surface area contributed by atoms with Crippen molar-refractivity contribution in [3.05, 3.63) is 60.2 Å². The molecule has 32 heavy (non-hydrogen) atoms. The average molecular weight is 427 g/mol. The number of ether oxygens (including phenoxy) is 1. The quantitative estimate of drug-likeness (QED) is 0.454. The number of benzene rings is 3. The third kappa shape index (κ3) is 3.49. The van der Waals surface area contributed by atoms with Gasteiger partial charge in [0.05, 0.1) is 18.3 Å². The third-order valence-corrected chi connectivity index (χ3v) is 6.43. The SMILES string of the molecule is COc1ccc2cc(-c3n[nH]c4ccc(C5=NC(CN6CCCC6)NN5)cc34)ccc2c1. The number of fused-ring (bicyclic) bond motifs is 2. The largest absolute Gasteiger partial charge is 0.497 e. The summed E-state index contributed by atoms with van der Waals surface area (Å²) in [7, 11) is 1.69. The summed E-state index contributed by atoms with van der Waals surface area (Å²) >= 11 is 0. The fraction of sp³-hybridized carbons (Fsp3) is 0.280. The van der Waals surface area contributed by atoms with Crippen LogP contribution in [0.3, 0.4) is 0 Å². The lowest BCUT2D eigenvalue weighted by Crippen LogP contribution is -2.41. The maximum absolute atomic E-state index is 5.35. The highest BCUT2D eigenvalue weighted by Gasteiger charge is 2.22. The van der Waals surface area contributed by atoms with Gasteiger partial charge >= 0.3 is 0 Å². The molecule has 3 aromatic carbocycles. The number of aromatic nitrogens is 2. The molecule has 0 saturated carbocycles. The molecule has 7 nitrogen and oxygen atoms in total. The van der Waals surface area contributed by atoms with E-state index in [2.05, 4.69) is 74.5 Å². The first kappa shape index (κ1) is 19.3. The molecule has 0 aliphatic carbocycles. The van der Waals surface area contributed by atoms with E-state index in [1.165, 1.54) is 25.9 Å². The van der Waals surface area contributed by atoms with Gasteiger partial charge < -0.3 is 10.2 Å². The molecule has 0 bridgehead atoms. The zero-order valence-corrected chi connectivity index (χ0v) is 18.1. The predicted molar refractivity (Wildman–Crippen MR) is 128 cm³/mol. The van der Waals surface area contributed by atoms with Gasteiger partial charge in [-0.1, -0.05) is 18.2 Å². The molecule has 7 heteroatoms. The van der Waals surface area contributed by atoms with Crippen LogP contribution in [0.1, 0.15) is 18.4 Å². The number of likely N-dealkylation sites (tertiary alicyclic amines) is 1. The average Bonchev–Trinajstić information content (AvgIpc) is 3.59. The molecular weight excluding hydrogens is 400 g/mol. The van der Waals surface area contributed by atoms with Crippen molar-refractivity contribution < 1.29 is 4.74 Å². The van der Waals surface area contributed by atoms with Crippen molar-refractivity contribution in [2.24, 2.45) is 4.99 Å². The Labute approximate surface area is 186 Å². The van der Waals surface area contributed by atoms with E-state index in [1.807, 2.05) is 6.07 Å². The van der Waals surface area contributed by atoms with Crippen LogP contribution in [0.25, 0.3) is 32.9 Å². The molecule has 3 N–H and O–H groups in total. The molecule has 1 unspecified atom stereocenters. The van der Waals surface area contributed by atoms with E-state index in [1.54, 1.807) is 7.11 Å². The van der Waals surface area contributed by atoms with Gasteiger partial charge in [-0.05, 0) is 73.1 Å². The summed E-state index contributed by atoms with van der Waals surface area (Å²) in [5.74, 6) is 1.75. The molecule has 0 radical (unpaired) electrons. The van der Waals surface area contributed by atoms with Gasteiger partial charge in [-0.3, -0.25) is 10.00 Å². The van der Waals surface area contributed by atoms with Gasteiger partial charge in [-0.2, -0.15) is 5.10 Å². The Kier molecular flexibility index (Phi) is 4.78. The van der Waals surface area contributed by atoms with Crippen LogP contribution in [0.4, 0.5) is 0 Å². The zero-order valence-electron chi connectivity index (χ0n) is 18.1. The Morgan fingerprint density at radius 1 is 0.969 bits per heavy atom. The van der Waals surface area contributed by atoms with Gasteiger partial charge in [0, 0.05) is 23.1 Å². The number of hydrazine groups is 1. The topological polar surface area (TPSA) is 77.6 Å². The van der Waals surface area contributed by atoms with Crippen molar-refractivity contribution in [2.45, 2.75) is 19.0 Å². The maximum atomic E-state index is 5.35. The molecule has 1 aromatic heterocycles. The van der Waals surface area contributed by atoms with E-state index in [-0.39, 0.29) is 6.17 Å². The second kappa shape index (κ2) is 7.93. The second-order valence-electron chi connectivity index (χ2n) is 8.53. The number of amidine groups is 1. The highest BCUT2D eigenvalue weighted by molar-refractivity contribution is 6.05. The molecule has 2 aliphatic heterocycles. The highest BCUT2D eigenvalue weighted by Crippen LogP contribution is 2.31. The van der Waals surface area contributed by atoms with Gasteiger partial charge in [-0.25, -0.2) is 10.4 Å². The summed E-state index contributed by atoms with van der Waals surface area (Å²) < 4.78 is 5.35. The highest BCUT2D eigenvalue weighted by atomic mass is 16.5. The van der Waals surface area contributed by atoms with Crippen molar-refractivity contribution in [2.75, 3.05) is 26.7 Å². The number of nitrogens with zero attached hydrogens (tertiary/aromatic N) is 3. The van der Waals surface area contributed by atoms with Crippen molar-refractivity contribution in [3.8, 4) is 17.0 Å². The Morgan fingerprint density at radius 3 is 2.66 bits per heavy atom. The normalized spacial score (nSPS) is 18.9. The Balaban J connectivity index is 1.32. The van der Waals surface area contributed by atoms with Gasteiger partial charge in [-0.15, -0.1) is 0 Å². The fourth-order valence-electron chi connectivity index (χ4n) is 4.69. The molecule has 2 aliphatic rings. The van der Waals surface area contributed by atoms with Crippen LogP contribution in [0.2, 0.25) is 0 Å². The Hall–Kier alpha value is -3.42. The van der Waals surface area contributed by atoms with Crippen molar-refractivity contribution in [1.82, 2.24) is 25.9 Å². The number of nitrogens with one attached hydrogen (secondary N) is 3. The summed E-state index contributed by atoms with van der Waals surface area (Å²) in [5, 5.41) is 11.2. The van der Waals surface area contributed by atoms with Crippen LogP contribution in [0.15, 0.2) is 59.6 Å².